The highest BCUT2D eigenvalue weighted by Gasteiger charge is 2.32. The molecule has 1 aromatic carbocycles. The summed E-state index contributed by atoms with van der Waals surface area (Å²) in [6.45, 7) is 4.13. The molecule has 0 atom stereocenters. The molecule has 2 aromatic heterocycles. The SMILES string of the molecule is CCOc1ccc(-c2nc(CC(=O)N3CCC(c4n[nH]c(=S)n4C4CC4)CC3)cs2)cc1. The zero-order valence-corrected chi connectivity index (χ0v) is 19.8. The molecule has 168 valence electrons. The molecule has 0 unspecified atom stereocenters. The molecule has 3 aromatic rings. The smallest absolute Gasteiger partial charge is 0.228 e. The summed E-state index contributed by atoms with van der Waals surface area (Å²) in [5.74, 6) is 2.43. The van der Waals surface area contributed by atoms with Crippen LogP contribution in [0.25, 0.3) is 10.6 Å². The van der Waals surface area contributed by atoms with Crippen molar-refractivity contribution in [3.63, 3.8) is 0 Å². The number of piperidine rings is 1. The Morgan fingerprint density at radius 2 is 1.97 bits per heavy atom. The van der Waals surface area contributed by atoms with Gasteiger partial charge in [0, 0.05) is 36.0 Å². The lowest BCUT2D eigenvalue weighted by Gasteiger charge is -2.31. The normalized spacial score (nSPS) is 17.0. The molecule has 1 aliphatic carbocycles. The van der Waals surface area contributed by atoms with Crippen molar-refractivity contribution >= 4 is 29.5 Å². The number of ether oxygens (including phenoxy) is 1. The Balaban J connectivity index is 1.17. The van der Waals surface area contributed by atoms with Crippen molar-refractivity contribution in [3.8, 4) is 16.3 Å². The first-order valence-corrected chi connectivity index (χ1v) is 12.5. The molecule has 7 nitrogen and oxygen atoms in total. The number of amides is 1. The Kier molecular flexibility index (Phi) is 6.10. The van der Waals surface area contributed by atoms with Crippen LogP contribution in [0.1, 0.15) is 56.1 Å². The molecule has 1 N–H and O–H groups in total. The molecule has 0 spiro atoms. The van der Waals surface area contributed by atoms with E-state index in [0.29, 0.717) is 25.0 Å². The average molecular weight is 470 g/mol. The highest BCUT2D eigenvalue weighted by molar-refractivity contribution is 7.71. The Labute approximate surface area is 196 Å². The standard InChI is InChI=1S/C23H27N5O2S2/c1-2-30-19-7-3-16(4-8-19)22-24-17(14-32-22)13-20(29)27-11-9-15(10-12-27)21-25-26-23(31)28(21)18-5-6-18/h3-4,7-8,14-15,18H,2,5-6,9-13H2,1H3,(H,26,31). The topological polar surface area (TPSA) is 76.0 Å². The van der Waals surface area contributed by atoms with Crippen LogP contribution >= 0.6 is 23.6 Å². The molecule has 0 bridgehead atoms. The van der Waals surface area contributed by atoms with Crippen molar-refractivity contribution < 1.29 is 9.53 Å². The first kappa shape index (κ1) is 21.3. The summed E-state index contributed by atoms with van der Waals surface area (Å²) in [4.78, 5) is 19.6. The van der Waals surface area contributed by atoms with E-state index in [-0.39, 0.29) is 5.91 Å². The maximum atomic E-state index is 12.9. The Morgan fingerprint density at radius 1 is 1.22 bits per heavy atom. The first-order chi connectivity index (χ1) is 15.6. The number of carbonyl (C=O) groups excluding carboxylic acids is 1. The number of nitrogens with one attached hydrogen (secondary N) is 1. The minimum atomic E-state index is 0.146. The largest absolute Gasteiger partial charge is 0.494 e. The lowest BCUT2D eigenvalue weighted by molar-refractivity contribution is -0.131. The number of hydrogen-bond acceptors (Lipinski definition) is 6. The number of nitrogens with zero attached hydrogens (tertiary/aromatic N) is 4. The van der Waals surface area contributed by atoms with E-state index in [1.807, 2.05) is 41.5 Å². The third-order valence-corrected chi connectivity index (χ3v) is 7.38. The highest BCUT2D eigenvalue weighted by Crippen LogP contribution is 2.39. The van der Waals surface area contributed by atoms with Crippen molar-refractivity contribution in [3.05, 3.63) is 45.9 Å². The lowest BCUT2D eigenvalue weighted by Crippen LogP contribution is -2.39. The predicted octanol–water partition coefficient (Wildman–Crippen LogP) is 4.75. The predicted molar refractivity (Wildman–Crippen MR) is 127 cm³/mol. The number of thiazole rings is 1. The second-order valence-corrected chi connectivity index (χ2v) is 9.67. The Bertz CT molecular complexity index is 1140. The summed E-state index contributed by atoms with van der Waals surface area (Å²) in [6.07, 6.45) is 4.56. The number of aromatic amines is 1. The minimum absolute atomic E-state index is 0.146. The maximum absolute atomic E-state index is 12.9. The third-order valence-electron chi connectivity index (χ3n) is 6.15. The summed E-state index contributed by atoms with van der Waals surface area (Å²) < 4.78 is 8.43. The van der Waals surface area contributed by atoms with Crippen molar-refractivity contribution in [1.29, 1.82) is 0 Å². The Morgan fingerprint density at radius 3 is 2.66 bits per heavy atom. The third kappa shape index (κ3) is 4.49. The molecular formula is C23H27N5O2S2. The van der Waals surface area contributed by atoms with E-state index in [1.54, 1.807) is 11.3 Å². The van der Waals surface area contributed by atoms with Crippen molar-refractivity contribution in [2.75, 3.05) is 19.7 Å². The lowest BCUT2D eigenvalue weighted by atomic mass is 9.95. The number of H-pyrrole nitrogens is 1. The van der Waals surface area contributed by atoms with E-state index in [0.717, 1.165) is 58.5 Å². The molecule has 1 aliphatic heterocycles. The van der Waals surface area contributed by atoms with Crippen LogP contribution in [0.15, 0.2) is 29.6 Å². The van der Waals surface area contributed by atoms with Crippen LogP contribution in [0.4, 0.5) is 0 Å². The summed E-state index contributed by atoms with van der Waals surface area (Å²) >= 11 is 6.99. The zero-order chi connectivity index (χ0) is 22.1. The molecular weight excluding hydrogens is 442 g/mol. The van der Waals surface area contributed by atoms with Crippen molar-refractivity contribution in [1.82, 2.24) is 24.6 Å². The molecule has 2 fully saturated rings. The van der Waals surface area contributed by atoms with Crippen LogP contribution in [-0.2, 0) is 11.2 Å². The molecule has 32 heavy (non-hydrogen) atoms. The fraction of sp³-hybridized carbons (Fsp3) is 0.478. The number of carbonyl (C=O) groups is 1. The maximum Gasteiger partial charge on any atom is 0.228 e. The van der Waals surface area contributed by atoms with Gasteiger partial charge in [-0.3, -0.25) is 9.89 Å². The van der Waals surface area contributed by atoms with Crippen molar-refractivity contribution in [2.24, 2.45) is 0 Å². The van der Waals surface area contributed by atoms with E-state index in [2.05, 4.69) is 14.8 Å². The summed E-state index contributed by atoms with van der Waals surface area (Å²) in [7, 11) is 0. The number of rotatable bonds is 7. The van der Waals surface area contributed by atoms with E-state index in [9.17, 15) is 4.79 Å². The van der Waals surface area contributed by atoms with Crippen LogP contribution in [0.2, 0.25) is 0 Å². The van der Waals surface area contributed by atoms with E-state index in [1.165, 1.54) is 12.8 Å². The quantitative estimate of drug-likeness (QED) is 0.506. The van der Waals surface area contributed by atoms with Crippen LogP contribution in [0.5, 0.6) is 5.75 Å². The summed E-state index contributed by atoms with van der Waals surface area (Å²) in [5, 5.41) is 10.4. The van der Waals surface area contributed by atoms with E-state index < -0.39 is 0 Å². The van der Waals surface area contributed by atoms with E-state index in [4.69, 9.17) is 21.9 Å². The van der Waals surface area contributed by atoms with Gasteiger partial charge in [-0.15, -0.1) is 11.3 Å². The molecule has 1 saturated heterocycles. The van der Waals surface area contributed by atoms with E-state index >= 15 is 0 Å². The molecule has 3 heterocycles. The van der Waals surface area contributed by atoms with Gasteiger partial charge in [-0.1, -0.05) is 0 Å². The van der Waals surface area contributed by atoms with Gasteiger partial charge in [-0.2, -0.15) is 5.10 Å². The van der Waals surface area contributed by atoms with Crippen LogP contribution in [-0.4, -0.2) is 50.3 Å². The molecule has 5 rings (SSSR count). The molecule has 1 amide bonds. The van der Waals surface area contributed by atoms with Gasteiger partial charge in [-0.05, 0) is 69.1 Å². The monoisotopic (exact) mass is 469 g/mol. The first-order valence-electron chi connectivity index (χ1n) is 11.2. The summed E-state index contributed by atoms with van der Waals surface area (Å²) in [6, 6.07) is 8.45. The Hall–Kier alpha value is -2.52. The number of aromatic nitrogens is 4. The van der Waals surface area contributed by atoms with Gasteiger partial charge in [-0.25, -0.2) is 4.98 Å². The molecule has 1 saturated carbocycles. The number of benzene rings is 1. The highest BCUT2D eigenvalue weighted by atomic mass is 32.1. The van der Waals surface area contributed by atoms with Gasteiger partial charge in [0.05, 0.1) is 18.7 Å². The van der Waals surface area contributed by atoms with Gasteiger partial charge in [0.2, 0.25) is 5.91 Å². The van der Waals surface area contributed by atoms with Crippen LogP contribution in [0.3, 0.4) is 0 Å². The molecule has 0 radical (unpaired) electrons. The average Bonchev–Trinajstić information content (AvgIpc) is 3.41. The summed E-state index contributed by atoms with van der Waals surface area (Å²) in [5.41, 5.74) is 1.88. The molecule has 2 aliphatic rings. The van der Waals surface area contributed by atoms with Gasteiger partial charge in [0.25, 0.3) is 0 Å². The fourth-order valence-corrected chi connectivity index (χ4v) is 5.44. The second-order valence-electron chi connectivity index (χ2n) is 8.42. The van der Waals surface area contributed by atoms with Gasteiger partial charge in [0.15, 0.2) is 4.77 Å². The second kappa shape index (κ2) is 9.15. The number of hydrogen-bond donors (Lipinski definition) is 1. The van der Waals surface area contributed by atoms with Crippen molar-refractivity contribution in [2.45, 2.75) is 51.0 Å². The van der Waals surface area contributed by atoms with Crippen LogP contribution in [0, 0.1) is 4.77 Å². The van der Waals surface area contributed by atoms with Gasteiger partial charge in [0.1, 0.15) is 16.6 Å². The number of likely N-dealkylation sites (tertiary alicyclic amines) is 1. The molecule has 9 heteroatoms. The minimum Gasteiger partial charge on any atom is -0.494 e. The van der Waals surface area contributed by atoms with Gasteiger partial charge >= 0.3 is 0 Å². The van der Waals surface area contributed by atoms with Crippen LogP contribution < -0.4 is 4.74 Å². The van der Waals surface area contributed by atoms with Gasteiger partial charge < -0.3 is 14.2 Å². The fourth-order valence-electron chi connectivity index (χ4n) is 4.33. The zero-order valence-electron chi connectivity index (χ0n) is 18.1.